The molecule has 0 aromatic rings. The van der Waals surface area contributed by atoms with E-state index in [0.29, 0.717) is 19.4 Å². The van der Waals surface area contributed by atoms with Crippen LogP contribution in [0.25, 0.3) is 0 Å². The average molecular weight is 221 g/mol. The molecule has 0 aromatic heterocycles. The Hall–Kier alpha value is -0.420. The molecule has 0 N–H and O–H groups in total. The molecule has 0 saturated heterocycles. The molecule has 5 heteroatoms. The first-order valence-electron chi connectivity index (χ1n) is 4.88. The third-order valence-electron chi connectivity index (χ3n) is 1.79. The molecule has 14 heavy (non-hydrogen) atoms. The predicted octanol–water partition coefficient (Wildman–Crippen LogP) is 1.38. The molecule has 0 aliphatic rings. The molecule has 0 heterocycles. The highest BCUT2D eigenvalue weighted by Gasteiger charge is 2.19. The van der Waals surface area contributed by atoms with Crippen molar-refractivity contribution in [3.05, 3.63) is 0 Å². The Morgan fingerprint density at radius 3 is 2.50 bits per heavy atom. The second-order valence-electron chi connectivity index (χ2n) is 3.06. The number of esters is 1. The summed E-state index contributed by atoms with van der Waals surface area (Å²) in [6.45, 7) is 4.12. The van der Waals surface area contributed by atoms with Gasteiger partial charge < -0.3 is 9.29 Å². The van der Waals surface area contributed by atoms with Gasteiger partial charge in [-0.1, -0.05) is 26.7 Å². The highest BCUT2D eigenvalue weighted by molar-refractivity contribution is 7.80. The van der Waals surface area contributed by atoms with Gasteiger partial charge in [-0.25, -0.2) is 0 Å². The Morgan fingerprint density at radius 1 is 1.43 bits per heavy atom. The molecule has 0 saturated carbocycles. The maximum absolute atomic E-state index is 11.2. The van der Waals surface area contributed by atoms with E-state index < -0.39 is 22.3 Å². The third kappa shape index (κ3) is 5.34. The van der Waals surface area contributed by atoms with Crippen molar-refractivity contribution in [2.24, 2.45) is 0 Å². The van der Waals surface area contributed by atoms with E-state index in [-0.39, 0.29) is 0 Å². The third-order valence-corrected chi connectivity index (χ3v) is 2.68. The zero-order valence-electron chi connectivity index (χ0n) is 8.65. The molecule has 0 spiro atoms. The Kier molecular flexibility index (Phi) is 7.70. The van der Waals surface area contributed by atoms with Crippen LogP contribution in [0.5, 0.6) is 0 Å². The van der Waals surface area contributed by atoms with Crippen LogP contribution in [0.2, 0.25) is 0 Å². The minimum absolute atomic E-state index is 0.312. The van der Waals surface area contributed by atoms with Crippen LogP contribution in [0.15, 0.2) is 0 Å². The lowest BCUT2D eigenvalue weighted by Crippen LogP contribution is -2.28. The fraction of sp³-hybridized carbons (Fsp3) is 0.889. The highest BCUT2D eigenvalue weighted by atomic mass is 32.2. The van der Waals surface area contributed by atoms with E-state index in [2.05, 4.69) is 0 Å². The second-order valence-corrected chi connectivity index (χ2v) is 4.15. The van der Waals surface area contributed by atoms with E-state index in [9.17, 15) is 13.6 Å². The molecule has 2 atom stereocenters. The maximum atomic E-state index is 11.2. The van der Waals surface area contributed by atoms with Crippen LogP contribution in [0.4, 0.5) is 0 Å². The monoisotopic (exact) mass is 221 g/mol. The zero-order chi connectivity index (χ0) is 11.0. The summed E-state index contributed by atoms with van der Waals surface area (Å²) in [5.74, 6) is -0.617. The Morgan fingerprint density at radius 2 is 2.07 bits per heavy atom. The van der Waals surface area contributed by atoms with Crippen LogP contribution in [-0.2, 0) is 20.6 Å². The summed E-state index contributed by atoms with van der Waals surface area (Å²) in [5, 5.41) is -0.989. The number of rotatable bonds is 7. The topological polar surface area (TPSA) is 66.4 Å². The fourth-order valence-corrected chi connectivity index (χ4v) is 1.62. The Bertz CT molecular complexity index is 193. The van der Waals surface area contributed by atoms with Crippen molar-refractivity contribution in [3.63, 3.8) is 0 Å². The molecule has 4 nitrogen and oxygen atoms in total. The summed E-state index contributed by atoms with van der Waals surface area (Å²) in [4.78, 5) is 11.2. The van der Waals surface area contributed by atoms with Gasteiger partial charge in [-0.2, -0.15) is 0 Å². The first-order valence-corrected chi connectivity index (χ1v) is 6.02. The van der Waals surface area contributed by atoms with Crippen LogP contribution in [0, 0.1) is 0 Å². The van der Waals surface area contributed by atoms with Crippen LogP contribution < -0.4 is 0 Å². The van der Waals surface area contributed by atoms with Crippen molar-refractivity contribution in [2.75, 3.05) is 6.61 Å². The van der Waals surface area contributed by atoms with Crippen molar-refractivity contribution >= 4 is 17.0 Å². The molecule has 0 aliphatic heterocycles. The molecule has 0 radical (unpaired) electrons. The van der Waals surface area contributed by atoms with Gasteiger partial charge in [0, 0.05) is 0 Å². The lowest BCUT2D eigenvalue weighted by Gasteiger charge is -2.17. The molecule has 0 amide bonds. The van der Waals surface area contributed by atoms with E-state index >= 15 is 0 Å². The van der Waals surface area contributed by atoms with Gasteiger partial charge in [0.1, 0.15) is 5.25 Å². The summed E-state index contributed by atoms with van der Waals surface area (Å²) < 4.78 is 26.2. The lowest BCUT2D eigenvalue weighted by molar-refractivity contribution is -0.143. The summed E-state index contributed by atoms with van der Waals surface area (Å²) in [6.07, 6.45) is 2.69. The van der Waals surface area contributed by atoms with Gasteiger partial charge >= 0.3 is 5.97 Å². The van der Waals surface area contributed by atoms with E-state index in [1.807, 2.05) is 13.8 Å². The number of ether oxygens (including phenoxy) is 1. The summed E-state index contributed by atoms with van der Waals surface area (Å²) in [7, 11) is 0. The van der Waals surface area contributed by atoms with Crippen LogP contribution in [0.1, 0.15) is 39.5 Å². The van der Waals surface area contributed by atoms with Gasteiger partial charge in [-0.3, -0.25) is 9.00 Å². The second kappa shape index (κ2) is 7.94. The molecular formula is C9H17O4S-. The molecule has 0 aliphatic carbocycles. The molecule has 0 aromatic carbocycles. The van der Waals surface area contributed by atoms with Crippen molar-refractivity contribution in [1.82, 2.24) is 0 Å². The standard InChI is InChI=1S/C9H18O4S/c1-3-5-7-13-9(10)8(6-4-2)14(11)12/h8H,3-7H2,1-2H3,(H,11,12)/p-1. The number of carbonyl (C=O) groups excluding carboxylic acids is 1. The normalized spacial score (nSPS) is 14.8. The largest absolute Gasteiger partial charge is 0.772 e. The fourth-order valence-electron chi connectivity index (χ4n) is 0.965. The van der Waals surface area contributed by atoms with Gasteiger partial charge in [0.05, 0.1) is 6.61 Å². The maximum Gasteiger partial charge on any atom is 0.320 e. The number of hydrogen-bond acceptors (Lipinski definition) is 4. The van der Waals surface area contributed by atoms with E-state index in [1.165, 1.54) is 0 Å². The van der Waals surface area contributed by atoms with E-state index in [0.717, 1.165) is 12.8 Å². The quantitative estimate of drug-likeness (QED) is 0.370. The van der Waals surface area contributed by atoms with Crippen molar-refractivity contribution in [3.8, 4) is 0 Å². The van der Waals surface area contributed by atoms with Crippen molar-refractivity contribution in [1.29, 1.82) is 0 Å². The lowest BCUT2D eigenvalue weighted by atomic mass is 10.2. The minimum Gasteiger partial charge on any atom is -0.772 e. The smallest absolute Gasteiger partial charge is 0.320 e. The highest BCUT2D eigenvalue weighted by Crippen LogP contribution is 2.06. The first-order chi connectivity index (χ1) is 6.63. The molecular weight excluding hydrogens is 204 g/mol. The van der Waals surface area contributed by atoms with E-state index in [1.54, 1.807) is 0 Å². The minimum atomic E-state index is -2.36. The predicted molar refractivity (Wildman–Crippen MR) is 53.5 cm³/mol. The van der Waals surface area contributed by atoms with Crippen LogP contribution in [-0.4, -0.2) is 26.6 Å². The van der Waals surface area contributed by atoms with Gasteiger partial charge in [0.15, 0.2) is 0 Å². The summed E-state index contributed by atoms with van der Waals surface area (Å²) in [5.41, 5.74) is 0. The zero-order valence-corrected chi connectivity index (χ0v) is 9.47. The van der Waals surface area contributed by atoms with Gasteiger partial charge in [-0.15, -0.1) is 0 Å². The van der Waals surface area contributed by atoms with Gasteiger partial charge in [-0.05, 0) is 23.9 Å². The molecule has 84 valence electrons. The SMILES string of the molecule is CCCCOC(=O)C(CCC)S(=O)[O-]. The van der Waals surface area contributed by atoms with E-state index in [4.69, 9.17) is 4.74 Å². The molecule has 0 rings (SSSR count). The number of carbonyl (C=O) groups is 1. The van der Waals surface area contributed by atoms with Crippen molar-refractivity contribution in [2.45, 2.75) is 44.8 Å². The van der Waals surface area contributed by atoms with Gasteiger partial charge in [0.2, 0.25) is 0 Å². The first kappa shape index (κ1) is 13.6. The van der Waals surface area contributed by atoms with Crippen LogP contribution in [0.3, 0.4) is 0 Å². The van der Waals surface area contributed by atoms with Crippen LogP contribution >= 0.6 is 0 Å². The summed E-state index contributed by atoms with van der Waals surface area (Å²) >= 11 is -2.36. The molecule has 0 fully saturated rings. The summed E-state index contributed by atoms with van der Waals surface area (Å²) in [6, 6.07) is 0. The Labute approximate surface area is 87.3 Å². The average Bonchev–Trinajstić information content (AvgIpc) is 2.13. The molecule has 0 bridgehead atoms. The molecule has 2 unspecified atom stereocenters. The Balaban J connectivity index is 3.96. The van der Waals surface area contributed by atoms with Crippen molar-refractivity contribution < 1.29 is 18.3 Å². The number of hydrogen-bond donors (Lipinski definition) is 0. The van der Waals surface area contributed by atoms with Gasteiger partial charge in [0.25, 0.3) is 0 Å². The number of unbranched alkanes of at least 4 members (excludes halogenated alkanes) is 1.